The molecule has 0 aliphatic rings. The van der Waals surface area contributed by atoms with Gasteiger partial charge in [-0.2, -0.15) is 0 Å². The van der Waals surface area contributed by atoms with Crippen molar-refractivity contribution in [3.63, 3.8) is 0 Å². The molecule has 0 aliphatic heterocycles. The number of hydrogen-bond donors (Lipinski definition) is 0. The lowest BCUT2D eigenvalue weighted by Gasteiger charge is -2.23. The fourth-order valence-corrected chi connectivity index (χ4v) is 3.98. The number of carbonyl (C=O) groups excluding carboxylic acids is 1. The number of amidine groups is 1. The first-order valence-electron chi connectivity index (χ1n) is 10.3. The number of thioether (sulfide) groups is 2. The third-order valence-electron chi connectivity index (χ3n) is 3.99. The highest BCUT2D eigenvalue weighted by Gasteiger charge is 2.19. The van der Waals surface area contributed by atoms with Gasteiger partial charge in [0.1, 0.15) is 0 Å². The average Bonchev–Trinajstić information content (AvgIpc) is 2.60. The second-order valence-electron chi connectivity index (χ2n) is 6.28. The highest BCUT2D eigenvalue weighted by molar-refractivity contribution is 8.15. The van der Waals surface area contributed by atoms with Crippen LogP contribution in [-0.4, -0.2) is 39.9 Å². The Morgan fingerprint density at radius 1 is 0.760 bits per heavy atom. The molecule has 0 rings (SSSR count). The molecule has 25 heavy (non-hydrogen) atoms. The van der Waals surface area contributed by atoms with E-state index in [0.29, 0.717) is 0 Å². The second kappa shape index (κ2) is 18.6. The number of nitrogens with zero attached hydrogens (tertiary/aromatic N) is 2. The maximum absolute atomic E-state index is 12.5. The Labute approximate surface area is 165 Å². The first kappa shape index (κ1) is 24.8. The molecule has 0 fully saturated rings. The Hall–Kier alpha value is -0.160. The van der Waals surface area contributed by atoms with Gasteiger partial charge < -0.3 is 0 Å². The van der Waals surface area contributed by atoms with E-state index in [1.165, 1.54) is 63.1 Å². The minimum atomic E-state index is 0.170. The molecule has 0 aromatic heterocycles. The van der Waals surface area contributed by atoms with Crippen LogP contribution in [0.4, 0.5) is 4.79 Å². The number of amides is 1. The minimum absolute atomic E-state index is 0.170. The standard InChI is InChI=1S/C20H40N2OS2/c1-5-9-11-13-15-17-21-19(24-7-3)22(20(23)25-8-4)18-16-14-12-10-6-2/h5-18H2,1-4H3. The van der Waals surface area contributed by atoms with Gasteiger partial charge in [-0.05, 0) is 24.3 Å². The fraction of sp³-hybridized carbons (Fsp3) is 0.900. The lowest BCUT2D eigenvalue weighted by atomic mass is 10.1. The number of unbranched alkanes of at least 4 members (excludes halogenated alkanes) is 8. The highest BCUT2D eigenvalue weighted by atomic mass is 32.2. The zero-order valence-electron chi connectivity index (χ0n) is 17.0. The van der Waals surface area contributed by atoms with E-state index in [1.54, 1.807) is 11.8 Å². The molecular formula is C20H40N2OS2. The average molecular weight is 389 g/mol. The molecule has 148 valence electrons. The van der Waals surface area contributed by atoms with Gasteiger partial charge in [0, 0.05) is 13.1 Å². The lowest BCUT2D eigenvalue weighted by molar-refractivity contribution is 0.243. The summed E-state index contributed by atoms with van der Waals surface area (Å²) < 4.78 is 0. The van der Waals surface area contributed by atoms with Crippen molar-refractivity contribution in [2.24, 2.45) is 4.99 Å². The molecule has 5 heteroatoms. The van der Waals surface area contributed by atoms with Crippen LogP contribution in [0.2, 0.25) is 0 Å². The summed E-state index contributed by atoms with van der Waals surface area (Å²) in [7, 11) is 0. The lowest BCUT2D eigenvalue weighted by Crippen LogP contribution is -2.34. The molecule has 0 bridgehead atoms. The SMILES string of the molecule is CCCCCCCN=C(SCC)N(CCCCCCC)C(=O)SCC. The molecular weight excluding hydrogens is 348 g/mol. The summed E-state index contributed by atoms with van der Waals surface area (Å²) in [4.78, 5) is 19.3. The van der Waals surface area contributed by atoms with Crippen LogP contribution in [0, 0.1) is 0 Å². The summed E-state index contributed by atoms with van der Waals surface area (Å²) in [5.74, 6) is 1.79. The van der Waals surface area contributed by atoms with E-state index in [1.807, 2.05) is 11.8 Å². The van der Waals surface area contributed by atoms with Crippen LogP contribution in [0.3, 0.4) is 0 Å². The topological polar surface area (TPSA) is 32.7 Å². The summed E-state index contributed by atoms with van der Waals surface area (Å²) in [5, 5.41) is 1.11. The smallest absolute Gasteiger partial charge is 0.282 e. The second-order valence-corrected chi connectivity index (χ2v) is 8.72. The first-order valence-corrected chi connectivity index (χ1v) is 12.3. The van der Waals surface area contributed by atoms with Crippen molar-refractivity contribution in [3.8, 4) is 0 Å². The van der Waals surface area contributed by atoms with E-state index in [-0.39, 0.29) is 5.24 Å². The van der Waals surface area contributed by atoms with Crippen LogP contribution in [0.25, 0.3) is 0 Å². The van der Waals surface area contributed by atoms with Crippen molar-refractivity contribution in [1.82, 2.24) is 4.90 Å². The molecule has 0 aliphatic carbocycles. The summed E-state index contributed by atoms with van der Waals surface area (Å²) in [6, 6.07) is 0. The molecule has 0 saturated heterocycles. The van der Waals surface area contributed by atoms with E-state index in [0.717, 1.165) is 42.6 Å². The molecule has 0 radical (unpaired) electrons. The molecule has 0 aromatic rings. The molecule has 0 N–H and O–H groups in total. The predicted molar refractivity (Wildman–Crippen MR) is 118 cm³/mol. The molecule has 0 heterocycles. The van der Waals surface area contributed by atoms with Gasteiger partial charge in [-0.1, -0.05) is 103 Å². The van der Waals surface area contributed by atoms with Gasteiger partial charge in [0.15, 0.2) is 5.17 Å². The van der Waals surface area contributed by atoms with E-state index in [4.69, 9.17) is 4.99 Å². The van der Waals surface area contributed by atoms with Crippen LogP contribution in [0.15, 0.2) is 4.99 Å². The maximum atomic E-state index is 12.5. The number of hydrogen-bond acceptors (Lipinski definition) is 4. The predicted octanol–water partition coefficient (Wildman–Crippen LogP) is 7.21. The van der Waals surface area contributed by atoms with Crippen LogP contribution in [0.5, 0.6) is 0 Å². The Bertz CT molecular complexity index is 349. The van der Waals surface area contributed by atoms with Crippen molar-refractivity contribution in [2.45, 2.75) is 91.9 Å². The van der Waals surface area contributed by atoms with Gasteiger partial charge in [0.05, 0.1) is 0 Å². The largest absolute Gasteiger partial charge is 0.287 e. The van der Waals surface area contributed by atoms with Gasteiger partial charge in [0.2, 0.25) is 0 Å². The quantitative estimate of drug-likeness (QED) is 0.179. The summed E-state index contributed by atoms with van der Waals surface area (Å²) in [6.07, 6.45) is 12.4. The Balaban J connectivity index is 4.63. The molecule has 3 nitrogen and oxygen atoms in total. The summed E-state index contributed by atoms with van der Waals surface area (Å²) in [5.41, 5.74) is 0. The zero-order valence-corrected chi connectivity index (χ0v) is 18.7. The van der Waals surface area contributed by atoms with Gasteiger partial charge in [-0.25, -0.2) is 0 Å². The molecule has 0 spiro atoms. The summed E-state index contributed by atoms with van der Waals surface area (Å²) in [6.45, 7) is 10.3. The Morgan fingerprint density at radius 2 is 1.32 bits per heavy atom. The van der Waals surface area contributed by atoms with Crippen molar-refractivity contribution in [3.05, 3.63) is 0 Å². The van der Waals surface area contributed by atoms with E-state index in [2.05, 4.69) is 20.8 Å². The molecule has 0 aromatic carbocycles. The van der Waals surface area contributed by atoms with Crippen molar-refractivity contribution in [2.75, 3.05) is 24.6 Å². The van der Waals surface area contributed by atoms with Gasteiger partial charge >= 0.3 is 0 Å². The van der Waals surface area contributed by atoms with E-state index < -0.39 is 0 Å². The number of carbonyl (C=O) groups is 1. The van der Waals surface area contributed by atoms with Crippen molar-refractivity contribution < 1.29 is 4.79 Å². The van der Waals surface area contributed by atoms with Crippen LogP contribution >= 0.6 is 23.5 Å². The van der Waals surface area contributed by atoms with Gasteiger partial charge in [-0.15, -0.1) is 0 Å². The van der Waals surface area contributed by atoms with Gasteiger partial charge in [0.25, 0.3) is 5.24 Å². The zero-order chi connectivity index (χ0) is 18.8. The number of aliphatic imine (C=N–C) groups is 1. The Morgan fingerprint density at radius 3 is 1.88 bits per heavy atom. The first-order chi connectivity index (χ1) is 12.2. The van der Waals surface area contributed by atoms with E-state index in [9.17, 15) is 4.79 Å². The monoisotopic (exact) mass is 388 g/mol. The molecule has 0 saturated carbocycles. The van der Waals surface area contributed by atoms with Crippen LogP contribution in [-0.2, 0) is 0 Å². The molecule has 0 atom stereocenters. The fourth-order valence-electron chi connectivity index (χ4n) is 2.57. The van der Waals surface area contributed by atoms with Crippen molar-refractivity contribution in [1.29, 1.82) is 0 Å². The normalized spacial score (nSPS) is 11.8. The minimum Gasteiger partial charge on any atom is -0.282 e. The van der Waals surface area contributed by atoms with Crippen molar-refractivity contribution >= 4 is 33.9 Å². The molecule has 0 unspecified atom stereocenters. The van der Waals surface area contributed by atoms with Crippen LogP contribution < -0.4 is 0 Å². The third kappa shape index (κ3) is 13.7. The summed E-state index contributed by atoms with van der Waals surface area (Å²) >= 11 is 3.12. The molecule has 1 amide bonds. The highest BCUT2D eigenvalue weighted by Crippen LogP contribution is 2.18. The van der Waals surface area contributed by atoms with E-state index >= 15 is 0 Å². The van der Waals surface area contributed by atoms with Crippen LogP contribution in [0.1, 0.15) is 91.9 Å². The number of rotatable bonds is 14. The maximum Gasteiger partial charge on any atom is 0.287 e. The Kier molecular flexibility index (Phi) is 18.5. The van der Waals surface area contributed by atoms with Gasteiger partial charge in [-0.3, -0.25) is 14.7 Å². The third-order valence-corrected chi connectivity index (χ3v) is 5.64.